The Kier molecular flexibility index (Phi) is 3.35. The zero-order chi connectivity index (χ0) is 14.2. The average molecular weight is 271 g/mol. The fourth-order valence-corrected chi connectivity index (χ4v) is 4.09. The van der Waals surface area contributed by atoms with E-state index in [1.807, 2.05) is 18.2 Å². The van der Waals surface area contributed by atoms with Crippen LogP contribution in [0.2, 0.25) is 0 Å². The van der Waals surface area contributed by atoms with E-state index in [0.29, 0.717) is 5.41 Å². The molecule has 2 fully saturated rings. The van der Waals surface area contributed by atoms with Crippen molar-refractivity contribution in [3.05, 3.63) is 35.9 Å². The molecule has 1 aromatic carbocycles. The highest BCUT2D eigenvalue weighted by Gasteiger charge is 2.67. The highest BCUT2D eigenvalue weighted by molar-refractivity contribution is 5.87. The predicted octanol–water partition coefficient (Wildman–Crippen LogP) is 4.22. The molecule has 2 aliphatic rings. The zero-order valence-corrected chi connectivity index (χ0v) is 12.6. The molecule has 0 saturated heterocycles. The van der Waals surface area contributed by atoms with Gasteiger partial charge in [-0.2, -0.15) is 0 Å². The van der Waals surface area contributed by atoms with Gasteiger partial charge < -0.3 is 5.32 Å². The largest absolute Gasteiger partial charge is 0.349 e. The molecule has 2 saturated carbocycles. The van der Waals surface area contributed by atoms with E-state index in [4.69, 9.17) is 0 Å². The molecule has 0 heterocycles. The van der Waals surface area contributed by atoms with Crippen molar-refractivity contribution in [3.63, 3.8) is 0 Å². The van der Waals surface area contributed by atoms with Gasteiger partial charge in [-0.1, -0.05) is 56.5 Å². The lowest BCUT2D eigenvalue weighted by atomic mass is 9.80. The lowest BCUT2D eigenvalue weighted by Crippen LogP contribution is -2.36. The van der Waals surface area contributed by atoms with Gasteiger partial charge in [0.2, 0.25) is 5.91 Å². The minimum absolute atomic E-state index is 0.0989. The van der Waals surface area contributed by atoms with Crippen LogP contribution in [-0.2, 0) is 4.79 Å². The maximum Gasteiger partial charge on any atom is 0.226 e. The van der Waals surface area contributed by atoms with Crippen LogP contribution in [0.25, 0.3) is 0 Å². The second-order valence-corrected chi connectivity index (χ2v) is 6.96. The second kappa shape index (κ2) is 4.91. The number of carbonyl (C=O) groups excluding carboxylic acids is 1. The van der Waals surface area contributed by atoms with Crippen LogP contribution in [0.5, 0.6) is 0 Å². The van der Waals surface area contributed by atoms with Gasteiger partial charge in [-0.15, -0.1) is 0 Å². The molecule has 3 rings (SSSR count). The summed E-state index contributed by atoms with van der Waals surface area (Å²) in [5.41, 5.74) is 1.39. The standard InChI is InChI=1S/C18H25NO/c1-14(15-9-5-3-6-10-15)19-16(20)17(2)13-18(17)11-7-4-8-12-18/h3,5-6,9-10,14H,4,7-8,11-13H2,1-2H3,(H,19,20)/t14-,17+/m0/s1. The highest BCUT2D eigenvalue weighted by atomic mass is 16.2. The molecule has 2 atom stereocenters. The number of benzene rings is 1. The molecule has 0 unspecified atom stereocenters. The van der Waals surface area contributed by atoms with E-state index in [0.717, 1.165) is 6.42 Å². The Labute approximate surface area is 122 Å². The van der Waals surface area contributed by atoms with Crippen LogP contribution in [0.4, 0.5) is 0 Å². The predicted molar refractivity (Wildman–Crippen MR) is 81.2 cm³/mol. The third-order valence-corrected chi connectivity index (χ3v) is 5.70. The molecular formula is C18H25NO. The second-order valence-electron chi connectivity index (χ2n) is 6.96. The maximum atomic E-state index is 12.7. The minimum atomic E-state index is -0.115. The van der Waals surface area contributed by atoms with Crippen LogP contribution < -0.4 is 5.32 Å². The van der Waals surface area contributed by atoms with Crippen molar-refractivity contribution < 1.29 is 4.79 Å². The van der Waals surface area contributed by atoms with Gasteiger partial charge in [0.05, 0.1) is 11.5 Å². The average Bonchev–Trinajstić information content (AvgIpc) is 3.05. The number of amides is 1. The summed E-state index contributed by atoms with van der Waals surface area (Å²) >= 11 is 0. The summed E-state index contributed by atoms with van der Waals surface area (Å²) in [5.74, 6) is 0.260. The first-order valence-corrected chi connectivity index (χ1v) is 7.93. The van der Waals surface area contributed by atoms with Gasteiger partial charge in [-0.25, -0.2) is 0 Å². The Morgan fingerprint density at radius 2 is 1.80 bits per heavy atom. The first-order chi connectivity index (χ1) is 9.57. The van der Waals surface area contributed by atoms with Gasteiger partial charge in [-0.3, -0.25) is 4.79 Å². The van der Waals surface area contributed by atoms with Crippen molar-refractivity contribution in [3.8, 4) is 0 Å². The van der Waals surface area contributed by atoms with Gasteiger partial charge in [0, 0.05) is 0 Å². The number of hydrogen-bond acceptors (Lipinski definition) is 1. The Bertz CT molecular complexity index is 489. The van der Waals surface area contributed by atoms with Gasteiger partial charge in [0.25, 0.3) is 0 Å². The summed E-state index contributed by atoms with van der Waals surface area (Å²) in [5, 5.41) is 3.23. The van der Waals surface area contributed by atoms with Crippen molar-refractivity contribution in [2.75, 3.05) is 0 Å². The minimum Gasteiger partial charge on any atom is -0.349 e. The Hall–Kier alpha value is -1.31. The molecule has 0 aromatic heterocycles. The van der Waals surface area contributed by atoms with E-state index >= 15 is 0 Å². The molecule has 0 radical (unpaired) electrons. The number of hydrogen-bond donors (Lipinski definition) is 1. The quantitative estimate of drug-likeness (QED) is 0.876. The summed E-state index contributed by atoms with van der Waals surface area (Å²) in [6.45, 7) is 4.25. The van der Waals surface area contributed by atoms with Gasteiger partial charge in [0.1, 0.15) is 0 Å². The SMILES string of the molecule is C[C@H](NC(=O)[C@@]1(C)CC12CCCCC2)c1ccccc1. The third-order valence-electron chi connectivity index (χ3n) is 5.70. The lowest BCUT2D eigenvalue weighted by molar-refractivity contribution is -0.128. The molecule has 108 valence electrons. The van der Waals surface area contributed by atoms with Crippen LogP contribution in [-0.4, -0.2) is 5.91 Å². The van der Waals surface area contributed by atoms with E-state index in [2.05, 4.69) is 31.3 Å². The van der Waals surface area contributed by atoms with E-state index in [-0.39, 0.29) is 17.4 Å². The van der Waals surface area contributed by atoms with E-state index in [1.54, 1.807) is 0 Å². The Balaban J connectivity index is 1.65. The normalized spacial score (nSPS) is 28.9. The summed E-state index contributed by atoms with van der Waals surface area (Å²) in [6.07, 6.45) is 7.54. The van der Waals surface area contributed by atoms with E-state index < -0.39 is 0 Å². The molecular weight excluding hydrogens is 246 g/mol. The summed E-state index contributed by atoms with van der Waals surface area (Å²) in [6, 6.07) is 10.3. The summed E-state index contributed by atoms with van der Waals surface area (Å²) in [7, 11) is 0. The fourth-order valence-electron chi connectivity index (χ4n) is 4.09. The molecule has 20 heavy (non-hydrogen) atoms. The molecule has 1 N–H and O–H groups in total. The van der Waals surface area contributed by atoms with Crippen LogP contribution >= 0.6 is 0 Å². The van der Waals surface area contributed by atoms with Crippen molar-refractivity contribution in [1.29, 1.82) is 0 Å². The molecule has 1 amide bonds. The molecule has 0 bridgehead atoms. The van der Waals surface area contributed by atoms with E-state index in [1.165, 1.54) is 37.7 Å². The molecule has 1 aromatic rings. The van der Waals surface area contributed by atoms with Crippen molar-refractivity contribution in [1.82, 2.24) is 5.32 Å². The third kappa shape index (κ3) is 2.15. The first kappa shape index (κ1) is 13.7. The van der Waals surface area contributed by atoms with Crippen molar-refractivity contribution in [2.24, 2.45) is 10.8 Å². The maximum absolute atomic E-state index is 12.7. The fraction of sp³-hybridized carbons (Fsp3) is 0.611. The summed E-state index contributed by atoms with van der Waals surface area (Å²) < 4.78 is 0. The Morgan fingerprint density at radius 1 is 1.15 bits per heavy atom. The Morgan fingerprint density at radius 3 is 2.45 bits per heavy atom. The number of nitrogens with one attached hydrogen (secondary N) is 1. The topological polar surface area (TPSA) is 29.1 Å². The number of rotatable bonds is 3. The molecule has 2 aliphatic carbocycles. The molecule has 1 spiro atoms. The van der Waals surface area contributed by atoms with Gasteiger partial charge in [0.15, 0.2) is 0 Å². The lowest BCUT2D eigenvalue weighted by Gasteiger charge is -2.27. The number of carbonyl (C=O) groups is 1. The van der Waals surface area contributed by atoms with Crippen LogP contribution in [0.15, 0.2) is 30.3 Å². The van der Waals surface area contributed by atoms with Gasteiger partial charge >= 0.3 is 0 Å². The smallest absolute Gasteiger partial charge is 0.226 e. The summed E-state index contributed by atoms with van der Waals surface area (Å²) in [4.78, 5) is 12.7. The van der Waals surface area contributed by atoms with Crippen molar-refractivity contribution >= 4 is 5.91 Å². The van der Waals surface area contributed by atoms with Crippen LogP contribution in [0.3, 0.4) is 0 Å². The highest BCUT2D eigenvalue weighted by Crippen LogP contribution is 2.70. The van der Waals surface area contributed by atoms with Gasteiger partial charge in [-0.05, 0) is 37.2 Å². The monoisotopic (exact) mass is 271 g/mol. The molecule has 2 heteroatoms. The molecule has 2 nitrogen and oxygen atoms in total. The van der Waals surface area contributed by atoms with Crippen LogP contribution in [0, 0.1) is 10.8 Å². The van der Waals surface area contributed by atoms with Crippen LogP contribution in [0.1, 0.15) is 64.0 Å². The zero-order valence-electron chi connectivity index (χ0n) is 12.6. The molecule has 0 aliphatic heterocycles. The van der Waals surface area contributed by atoms with Crippen molar-refractivity contribution in [2.45, 2.75) is 58.4 Å². The van der Waals surface area contributed by atoms with E-state index in [9.17, 15) is 4.79 Å². The first-order valence-electron chi connectivity index (χ1n) is 7.93.